The van der Waals surface area contributed by atoms with Crippen molar-refractivity contribution >= 4 is 21.6 Å². The number of halogens is 1. The molecule has 1 heterocycles. The summed E-state index contributed by atoms with van der Waals surface area (Å²) in [5, 5.41) is 13.6. The molecule has 0 aliphatic carbocycles. The van der Waals surface area contributed by atoms with E-state index in [1.165, 1.54) is 16.8 Å². The van der Waals surface area contributed by atoms with E-state index >= 15 is 0 Å². The molecule has 0 bridgehead atoms. The van der Waals surface area contributed by atoms with Gasteiger partial charge in [0.2, 0.25) is 0 Å². The minimum absolute atomic E-state index is 0.0945. The summed E-state index contributed by atoms with van der Waals surface area (Å²) in [5.41, 5.74) is -0.355. The van der Waals surface area contributed by atoms with Crippen LogP contribution in [0.1, 0.15) is 6.92 Å². The van der Waals surface area contributed by atoms with E-state index in [0.29, 0.717) is 13.1 Å². The molecule has 88 valence electrons. The van der Waals surface area contributed by atoms with Crippen molar-refractivity contribution in [1.29, 1.82) is 0 Å². The lowest BCUT2D eigenvalue weighted by Gasteiger charge is -2.06. The van der Waals surface area contributed by atoms with Crippen molar-refractivity contribution in [1.82, 2.24) is 9.88 Å². The Labute approximate surface area is 101 Å². The van der Waals surface area contributed by atoms with Gasteiger partial charge in [0.05, 0.1) is 15.6 Å². The second kappa shape index (κ2) is 5.76. The monoisotopic (exact) mass is 289 g/mol. The molecular formula is C9H12BrN3O3. The average Bonchev–Trinajstić information content (AvgIpc) is 2.24. The Morgan fingerprint density at radius 2 is 2.31 bits per heavy atom. The maximum atomic E-state index is 11.6. The van der Waals surface area contributed by atoms with Gasteiger partial charge >= 0.3 is 0 Å². The smallest absolute Gasteiger partial charge is 0.286 e. The van der Waals surface area contributed by atoms with Crippen LogP contribution in [0.3, 0.4) is 0 Å². The van der Waals surface area contributed by atoms with E-state index in [9.17, 15) is 14.9 Å². The van der Waals surface area contributed by atoms with E-state index in [4.69, 9.17) is 0 Å². The molecule has 0 unspecified atom stereocenters. The topological polar surface area (TPSA) is 77.2 Å². The molecule has 0 saturated heterocycles. The van der Waals surface area contributed by atoms with Crippen LogP contribution in [0.25, 0.3) is 0 Å². The van der Waals surface area contributed by atoms with Gasteiger partial charge in [-0.1, -0.05) is 6.92 Å². The van der Waals surface area contributed by atoms with Crippen LogP contribution in [0, 0.1) is 10.1 Å². The molecule has 7 heteroatoms. The van der Waals surface area contributed by atoms with Gasteiger partial charge in [0.15, 0.2) is 0 Å². The second-order valence-corrected chi connectivity index (χ2v) is 4.01. The third kappa shape index (κ3) is 3.14. The average molecular weight is 290 g/mol. The zero-order chi connectivity index (χ0) is 12.1. The normalized spacial score (nSPS) is 10.4. The Hall–Kier alpha value is -1.21. The molecule has 6 nitrogen and oxygen atoms in total. The largest absolute Gasteiger partial charge is 0.315 e. The molecule has 0 fully saturated rings. The number of likely N-dealkylation sites (N-methyl/N-ethyl adjacent to an activating group) is 1. The van der Waals surface area contributed by atoms with Gasteiger partial charge in [0.1, 0.15) is 0 Å². The Balaban J connectivity index is 2.98. The lowest BCUT2D eigenvalue weighted by atomic mass is 10.4. The van der Waals surface area contributed by atoms with E-state index < -0.39 is 4.92 Å². The van der Waals surface area contributed by atoms with Crippen LogP contribution < -0.4 is 10.9 Å². The third-order valence-electron chi connectivity index (χ3n) is 2.02. The van der Waals surface area contributed by atoms with Gasteiger partial charge in [-0.3, -0.25) is 14.9 Å². The number of aromatic nitrogens is 1. The highest BCUT2D eigenvalue weighted by Crippen LogP contribution is 2.13. The van der Waals surface area contributed by atoms with Crippen molar-refractivity contribution in [3.8, 4) is 0 Å². The Morgan fingerprint density at radius 1 is 1.62 bits per heavy atom. The molecule has 1 N–H and O–H groups in total. The molecule has 0 aromatic carbocycles. The minimum Gasteiger partial charge on any atom is -0.315 e. The fraction of sp³-hybridized carbons (Fsp3) is 0.444. The molecule has 16 heavy (non-hydrogen) atoms. The van der Waals surface area contributed by atoms with Crippen molar-refractivity contribution in [3.05, 3.63) is 37.2 Å². The molecule has 0 amide bonds. The number of hydrogen-bond acceptors (Lipinski definition) is 4. The Bertz CT molecular complexity index is 444. The highest BCUT2D eigenvalue weighted by Gasteiger charge is 2.11. The van der Waals surface area contributed by atoms with Gasteiger partial charge in [-0.05, 0) is 22.5 Å². The van der Waals surface area contributed by atoms with Crippen LogP contribution in [0.2, 0.25) is 0 Å². The first-order chi connectivity index (χ1) is 7.56. The molecular weight excluding hydrogens is 278 g/mol. The predicted octanol–water partition coefficient (Wildman–Crippen LogP) is 1.13. The number of rotatable bonds is 5. The minimum atomic E-state index is -0.520. The molecule has 0 spiro atoms. The van der Waals surface area contributed by atoms with E-state index in [1.807, 2.05) is 6.92 Å². The SMILES string of the molecule is CCNCCn1cc([N+](=O)[O-])cc(Br)c1=O. The van der Waals surface area contributed by atoms with Crippen LogP contribution in [-0.2, 0) is 6.54 Å². The lowest BCUT2D eigenvalue weighted by Crippen LogP contribution is -2.27. The highest BCUT2D eigenvalue weighted by molar-refractivity contribution is 9.10. The van der Waals surface area contributed by atoms with Crippen molar-refractivity contribution < 1.29 is 4.92 Å². The van der Waals surface area contributed by atoms with Crippen LogP contribution in [-0.4, -0.2) is 22.6 Å². The van der Waals surface area contributed by atoms with Crippen LogP contribution >= 0.6 is 15.9 Å². The van der Waals surface area contributed by atoms with Gasteiger partial charge in [-0.25, -0.2) is 0 Å². The quantitative estimate of drug-likeness (QED) is 0.501. The summed E-state index contributed by atoms with van der Waals surface area (Å²) in [6, 6.07) is 1.21. The first-order valence-electron chi connectivity index (χ1n) is 4.81. The first kappa shape index (κ1) is 12.9. The van der Waals surface area contributed by atoms with Gasteiger partial charge in [-0.15, -0.1) is 0 Å². The maximum absolute atomic E-state index is 11.6. The van der Waals surface area contributed by atoms with Crippen molar-refractivity contribution in [2.45, 2.75) is 13.5 Å². The summed E-state index contributed by atoms with van der Waals surface area (Å²) in [5.74, 6) is 0. The number of hydrogen-bond donors (Lipinski definition) is 1. The molecule has 0 atom stereocenters. The van der Waals surface area contributed by atoms with Crippen molar-refractivity contribution in [3.63, 3.8) is 0 Å². The molecule has 1 rings (SSSR count). The first-order valence-corrected chi connectivity index (χ1v) is 5.60. The van der Waals surface area contributed by atoms with E-state index in [2.05, 4.69) is 21.2 Å². The number of nitro groups is 1. The summed E-state index contributed by atoms with van der Waals surface area (Å²) in [4.78, 5) is 21.7. The van der Waals surface area contributed by atoms with E-state index in [1.54, 1.807) is 0 Å². The zero-order valence-electron chi connectivity index (χ0n) is 8.77. The summed E-state index contributed by atoms with van der Waals surface area (Å²) in [6.45, 7) is 3.76. The lowest BCUT2D eigenvalue weighted by molar-refractivity contribution is -0.385. The third-order valence-corrected chi connectivity index (χ3v) is 2.59. The summed E-state index contributed by atoms with van der Waals surface area (Å²) in [7, 11) is 0. The standard InChI is InChI=1S/C9H12BrN3O3/c1-2-11-3-4-12-6-7(13(15)16)5-8(10)9(12)14/h5-6,11H,2-4H2,1H3. The molecule has 0 radical (unpaired) electrons. The maximum Gasteiger partial charge on any atom is 0.286 e. The van der Waals surface area contributed by atoms with Crippen LogP contribution in [0.4, 0.5) is 5.69 Å². The Morgan fingerprint density at radius 3 is 2.88 bits per heavy atom. The number of nitrogens with zero attached hydrogens (tertiary/aromatic N) is 2. The van der Waals surface area contributed by atoms with Crippen molar-refractivity contribution in [2.24, 2.45) is 0 Å². The number of nitrogens with one attached hydrogen (secondary N) is 1. The van der Waals surface area contributed by atoms with Crippen molar-refractivity contribution in [2.75, 3.05) is 13.1 Å². The van der Waals surface area contributed by atoms with E-state index in [0.717, 1.165) is 6.54 Å². The Kier molecular flexibility index (Phi) is 4.63. The van der Waals surface area contributed by atoms with E-state index in [-0.39, 0.29) is 15.7 Å². The van der Waals surface area contributed by atoms with Gasteiger partial charge in [0, 0.05) is 19.2 Å². The molecule has 0 aliphatic rings. The summed E-state index contributed by atoms with van der Waals surface area (Å²) in [6.07, 6.45) is 1.25. The molecule has 1 aromatic heterocycles. The predicted molar refractivity (Wildman–Crippen MR) is 63.6 cm³/mol. The van der Waals surface area contributed by atoms with Crippen LogP contribution in [0.15, 0.2) is 21.5 Å². The highest BCUT2D eigenvalue weighted by atomic mass is 79.9. The molecule has 0 aliphatic heterocycles. The zero-order valence-corrected chi connectivity index (χ0v) is 10.4. The second-order valence-electron chi connectivity index (χ2n) is 3.16. The fourth-order valence-corrected chi connectivity index (χ4v) is 1.69. The number of pyridine rings is 1. The molecule has 0 saturated carbocycles. The van der Waals surface area contributed by atoms with Gasteiger partial charge in [-0.2, -0.15) is 0 Å². The summed E-state index contributed by atoms with van der Waals surface area (Å²) >= 11 is 3.02. The fourth-order valence-electron chi connectivity index (χ4n) is 1.23. The molecule has 1 aromatic rings. The van der Waals surface area contributed by atoms with Gasteiger partial charge < -0.3 is 9.88 Å². The summed E-state index contributed by atoms with van der Waals surface area (Å²) < 4.78 is 1.53. The van der Waals surface area contributed by atoms with Crippen LogP contribution in [0.5, 0.6) is 0 Å². The van der Waals surface area contributed by atoms with Gasteiger partial charge in [0.25, 0.3) is 11.2 Å².